The molecule has 0 amide bonds. The highest BCUT2D eigenvalue weighted by Crippen LogP contribution is 2.56. The second-order valence-electron chi connectivity index (χ2n) is 18.6. The minimum atomic E-state index is -0.407. The van der Waals surface area contributed by atoms with Crippen molar-refractivity contribution >= 4 is 24.1 Å². The summed E-state index contributed by atoms with van der Waals surface area (Å²) in [6.45, 7) is 48.3. The predicted octanol–water partition coefficient (Wildman–Crippen LogP) is 14.0. The lowest BCUT2D eigenvalue weighted by Crippen LogP contribution is -2.61. The zero-order valence-electron chi connectivity index (χ0n) is 52.2. The van der Waals surface area contributed by atoms with E-state index < -0.39 is 5.60 Å². The first-order chi connectivity index (χ1) is 34.8. The molecule has 1 aromatic heterocycles. The zero-order chi connectivity index (χ0) is 57.4. The highest BCUT2D eigenvalue weighted by atomic mass is 16.5. The number of esters is 2. The number of H-pyrrole nitrogens is 1. The van der Waals surface area contributed by atoms with Gasteiger partial charge in [0, 0.05) is 61.4 Å². The van der Waals surface area contributed by atoms with Gasteiger partial charge in [0.1, 0.15) is 5.75 Å². The van der Waals surface area contributed by atoms with E-state index in [0.29, 0.717) is 18.7 Å². The van der Waals surface area contributed by atoms with E-state index in [1.165, 1.54) is 78.7 Å². The van der Waals surface area contributed by atoms with Crippen molar-refractivity contribution in [2.45, 2.75) is 240 Å². The Morgan fingerprint density at radius 2 is 1.47 bits per heavy atom. The Morgan fingerprint density at radius 1 is 0.890 bits per heavy atom. The number of carbonyl (C=O) groups is 2. The maximum atomic E-state index is 11.7. The van der Waals surface area contributed by atoms with Gasteiger partial charge >= 0.3 is 11.9 Å². The summed E-state index contributed by atoms with van der Waals surface area (Å²) >= 11 is 0. The van der Waals surface area contributed by atoms with Crippen LogP contribution in [0.1, 0.15) is 218 Å². The highest BCUT2D eigenvalue weighted by molar-refractivity contribution is 5.66. The molecule has 4 aliphatic rings. The molecule has 2 fully saturated rings. The summed E-state index contributed by atoms with van der Waals surface area (Å²) in [6.07, 6.45) is 22.4. The lowest BCUT2D eigenvalue weighted by molar-refractivity contribution is -0.144. The fourth-order valence-corrected chi connectivity index (χ4v) is 9.16. The highest BCUT2D eigenvalue weighted by Gasteiger charge is 2.62. The van der Waals surface area contributed by atoms with E-state index in [1.807, 2.05) is 76.3 Å². The first kappa shape index (κ1) is 75.8. The Hall–Kier alpha value is -3.70. The lowest BCUT2D eigenvalue weighted by atomic mass is 9.60. The fourth-order valence-electron chi connectivity index (χ4n) is 9.16. The topological polar surface area (TPSA) is 125 Å². The SMILES string of the molecule is CC.CC.CC.CC.CC1=CC=c2[nH]c(C)c(C)c2=CC1.CCC12C=CCN3CCC(c4ccc(OC)cc4C)(NC(C)CC1COC(C)=O)C32.CCCC.CCCC[C@@](C)(O)CC.CCNC.COC(C)=O. The minimum absolute atomic E-state index is 0.0334. The van der Waals surface area contributed by atoms with Crippen LogP contribution in [-0.4, -0.2) is 92.1 Å². The van der Waals surface area contributed by atoms with Crippen LogP contribution in [0, 0.1) is 32.1 Å². The van der Waals surface area contributed by atoms with Crippen molar-refractivity contribution in [3.63, 3.8) is 0 Å². The number of aromatic amines is 1. The minimum Gasteiger partial charge on any atom is -0.497 e. The number of allylic oxidation sites excluding steroid dienone is 2. The average Bonchev–Trinajstić information content (AvgIpc) is 3.81. The van der Waals surface area contributed by atoms with Crippen LogP contribution in [0.4, 0.5) is 0 Å². The summed E-state index contributed by atoms with van der Waals surface area (Å²) < 4.78 is 15.2. The maximum Gasteiger partial charge on any atom is 0.302 e. The van der Waals surface area contributed by atoms with Crippen molar-refractivity contribution in [1.29, 1.82) is 0 Å². The third-order valence-corrected chi connectivity index (χ3v) is 13.5. The number of carbonyl (C=O) groups excluding carboxylic acids is 2. The number of unbranched alkanes of at least 4 members (excludes halogenated alkanes) is 2. The van der Waals surface area contributed by atoms with E-state index >= 15 is 0 Å². The summed E-state index contributed by atoms with van der Waals surface area (Å²) in [5, 5.41) is 19.1. The maximum absolute atomic E-state index is 11.7. The van der Waals surface area contributed by atoms with Crippen molar-refractivity contribution < 1.29 is 28.9 Å². The van der Waals surface area contributed by atoms with E-state index in [-0.39, 0.29) is 28.8 Å². The standard InChI is InChI=1S/C25H36N2O3.C12H15N.C8H18O.C4H10.C3H9N.C3H6O2.4C2H6/c1-6-24-10-7-12-27-13-11-25(23(24)27,22-9-8-21(29-5)14-17(22)2)26-18(3)15-20(24)16-30-19(4)28;1-8-4-6-11-9(2)10(3)13-12(11)7-5-8;1-4-6-7-8(3,9)5-2;2*1-3-4-2;1-3(4)5-2;4*1-2/h7-10,14,18,20,23,26H,6,11-13,15-16H2,1-5H3;5-7,13H,4H2,1-3H3;9H,4-7H2,1-3H3;3-4H2,1-2H3;4H,3H2,1-2H3;1-2H3;4*1-2H3/t;;8-;;;;;;;/m..0......./s1. The van der Waals surface area contributed by atoms with Crippen molar-refractivity contribution in [3.8, 4) is 5.75 Å². The smallest absolute Gasteiger partial charge is 0.302 e. The summed E-state index contributed by atoms with van der Waals surface area (Å²) in [6, 6.07) is 7.18. The van der Waals surface area contributed by atoms with Gasteiger partial charge < -0.3 is 34.9 Å². The van der Waals surface area contributed by atoms with Gasteiger partial charge in [-0.1, -0.05) is 159 Å². The van der Waals surface area contributed by atoms with E-state index in [1.54, 1.807) is 7.11 Å². The number of benzene rings is 1. The molecule has 73 heavy (non-hydrogen) atoms. The van der Waals surface area contributed by atoms with Crippen molar-refractivity contribution in [2.75, 3.05) is 47.5 Å². The normalized spacial score (nSPS) is 21.1. The molecule has 1 aromatic carbocycles. The molecule has 2 aromatic rings. The summed E-state index contributed by atoms with van der Waals surface area (Å²) in [4.78, 5) is 27.3. The summed E-state index contributed by atoms with van der Waals surface area (Å²) in [7, 11) is 5.01. The average molecular weight is 1030 g/mol. The first-order valence-electron chi connectivity index (χ1n) is 28.7. The van der Waals surface area contributed by atoms with Gasteiger partial charge in [-0.25, -0.2) is 0 Å². The zero-order valence-corrected chi connectivity index (χ0v) is 52.2. The number of nitrogens with zero attached hydrogens (tertiary/aromatic N) is 1. The van der Waals surface area contributed by atoms with Gasteiger partial charge in [-0.05, 0) is 134 Å². The van der Waals surface area contributed by atoms with Gasteiger partial charge in [0.25, 0.3) is 0 Å². The van der Waals surface area contributed by atoms with Crippen LogP contribution in [0.5, 0.6) is 5.75 Å². The second kappa shape index (κ2) is 43.5. The van der Waals surface area contributed by atoms with Crippen LogP contribution in [-0.2, 0) is 24.6 Å². The Kier molecular flexibility index (Phi) is 45.2. The van der Waals surface area contributed by atoms with Gasteiger partial charge in [-0.3, -0.25) is 14.5 Å². The molecule has 0 bridgehead atoms. The Labute approximate surface area is 451 Å². The lowest BCUT2D eigenvalue weighted by Gasteiger charge is -2.52. The molecule has 426 valence electrons. The third-order valence-electron chi connectivity index (χ3n) is 13.5. The molecule has 4 N–H and O–H groups in total. The molecule has 1 aliphatic carbocycles. The fraction of sp³-hybridized carbons (Fsp3) is 0.714. The largest absolute Gasteiger partial charge is 0.497 e. The number of hydrogen-bond acceptors (Lipinski definition) is 9. The Morgan fingerprint density at radius 3 is 1.92 bits per heavy atom. The van der Waals surface area contributed by atoms with Crippen LogP contribution < -0.4 is 25.9 Å². The Balaban J connectivity index is -0.000000458. The molecule has 0 spiro atoms. The summed E-state index contributed by atoms with van der Waals surface area (Å²) in [5.41, 5.74) is 6.17. The number of hydrogen-bond donors (Lipinski definition) is 4. The van der Waals surface area contributed by atoms with Gasteiger partial charge in [0.2, 0.25) is 0 Å². The molecule has 0 saturated carbocycles. The number of rotatable bonds is 11. The van der Waals surface area contributed by atoms with Gasteiger partial charge in [0.05, 0.1) is 32.0 Å². The Bertz CT molecular complexity index is 1890. The third kappa shape index (κ3) is 26.1. The molecular weight excluding hydrogens is 909 g/mol. The number of ether oxygens (including phenoxy) is 3. The first-order valence-corrected chi connectivity index (χ1v) is 28.7. The van der Waals surface area contributed by atoms with E-state index in [4.69, 9.17) is 9.47 Å². The van der Waals surface area contributed by atoms with E-state index in [0.717, 1.165) is 70.3 Å². The molecule has 10 heteroatoms. The number of aliphatic hydroxyl groups is 1. The number of nitrogens with one attached hydrogen (secondary N) is 3. The van der Waals surface area contributed by atoms with E-state index in [9.17, 15) is 14.7 Å². The van der Waals surface area contributed by atoms with Crippen molar-refractivity contribution in [3.05, 3.63) is 75.0 Å². The molecule has 0 radical (unpaired) electrons. The van der Waals surface area contributed by atoms with Crippen LogP contribution >= 0.6 is 0 Å². The summed E-state index contributed by atoms with van der Waals surface area (Å²) in [5.74, 6) is 0.759. The monoisotopic (exact) mass is 1030 g/mol. The molecule has 4 heterocycles. The van der Waals surface area contributed by atoms with Gasteiger partial charge in [0.15, 0.2) is 0 Å². The number of aromatic nitrogens is 1. The van der Waals surface area contributed by atoms with Gasteiger partial charge in [-0.2, -0.15) is 0 Å². The molecule has 10 nitrogen and oxygen atoms in total. The molecule has 3 aliphatic heterocycles. The molecule has 5 unspecified atom stereocenters. The second-order valence-corrected chi connectivity index (χ2v) is 18.6. The van der Waals surface area contributed by atoms with Crippen LogP contribution in [0.15, 0.2) is 42.0 Å². The number of aryl methyl sites for hydroxylation is 2. The number of methoxy groups -OCH3 is 2. The predicted molar refractivity (Wildman–Crippen MR) is 319 cm³/mol. The van der Waals surface area contributed by atoms with E-state index in [2.05, 4.69) is 143 Å². The quantitative estimate of drug-likeness (QED) is 0.129. The van der Waals surface area contributed by atoms with Crippen LogP contribution in [0.25, 0.3) is 12.2 Å². The van der Waals surface area contributed by atoms with Crippen molar-refractivity contribution in [1.82, 2.24) is 20.5 Å². The van der Waals surface area contributed by atoms with Crippen LogP contribution in [0.3, 0.4) is 0 Å². The molecule has 6 rings (SSSR count). The molecule has 6 atom stereocenters. The number of fused-ring (bicyclic) bond motifs is 1. The molecule has 2 saturated heterocycles. The van der Waals surface area contributed by atoms with Crippen LogP contribution in [0.2, 0.25) is 0 Å². The molecular formula is C63H118N4O6. The van der Waals surface area contributed by atoms with Crippen molar-refractivity contribution in [2.24, 2.45) is 11.3 Å². The van der Waals surface area contributed by atoms with Gasteiger partial charge in [-0.15, -0.1) is 0 Å².